The number of anilines is 3. The molecule has 0 atom stereocenters. The van der Waals surface area contributed by atoms with Crippen molar-refractivity contribution in [2.45, 2.75) is 33.1 Å². The Morgan fingerprint density at radius 3 is 2.24 bits per heavy atom. The minimum atomic E-state index is -0.336. The van der Waals surface area contributed by atoms with Crippen LogP contribution in [0.5, 0.6) is 0 Å². The zero-order valence-corrected chi connectivity index (χ0v) is 17.1. The lowest BCUT2D eigenvalue weighted by molar-refractivity contribution is 0.100. The Morgan fingerprint density at radius 2 is 1.59 bits per heavy atom. The van der Waals surface area contributed by atoms with Gasteiger partial charge in [-0.15, -0.1) is 0 Å². The maximum Gasteiger partial charge on any atom is 0.274 e. The molecule has 0 aliphatic carbocycles. The number of nitrogens with zero attached hydrogens (tertiary/aromatic N) is 1. The average Bonchev–Trinajstić information content (AvgIpc) is 2.68. The van der Waals surface area contributed by atoms with Crippen molar-refractivity contribution >= 4 is 28.8 Å². The maximum absolute atomic E-state index is 12.6. The lowest BCUT2D eigenvalue weighted by Gasteiger charge is -2.19. The topological polar surface area (TPSA) is 71.1 Å². The first-order valence-corrected chi connectivity index (χ1v) is 9.48. The molecule has 0 saturated carbocycles. The van der Waals surface area contributed by atoms with Crippen LogP contribution >= 0.6 is 0 Å². The highest BCUT2D eigenvalue weighted by Gasteiger charge is 2.13. The summed E-state index contributed by atoms with van der Waals surface area (Å²) in [4.78, 5) is 28.2. The van der Waals surface area contributed by atoms with Crippen molar-refractivity contribution in [1.82, 2.24) is 4.98 Å². The number of rotatable bonds is 5. The number of carbonyl (C=O) groups is 2. The van der Waals surface area contributed by atoms with E-state index >= 15 is 0 Å². The lowest BCUT2D eigenvalue weighted by Crippen LogP contribution is -2.14. The monoisotopic (exact) mass is 387 g/mol. The molecule has 0 radical (unpaired) electrons. The van der Waals surface area contributed by atoms with Gasteiger partial charge in [0.1, 0.15) is 5.69 Å². The van der Waals surface area contributed by atoms with E-state index in [1.54, 1.807) is 36.5 Å². The molecule has 29 heavy (non-hydrogen) atoms. The van der Waals surface area contributed by atoms with Crippen LogP contribution in [0.2, 0.25) is 0 Å². The smallest absolute Gasteiger partial charge is 0.274 e. The van der Waals surface area contributed by atoms with E-state index in [0.717, 1.165) is 11.4 Å². The van der Waals surface area contributed by atoms with E-state index in [1.807, 2.05) is 18.2 Å². The molecule has 5 nitrogen and oxygen atoms in total. The van der Waals surface area contributed by atoms with Crippen molar-refractivity contribution in [3.8, 4) is 0 Å². The fraction of sp³-hybridized carbons (Fsp3) is 0.208. The number of Topliss-reactive ketones (excluding diaryl/α,β-unsaturated/α-hetero) is 1. The minimum absolute atomic E-state index is 0.0529. The largest absolute Gasteiger partial charge is 0.355 e. The van der Waals surface area contributed by atoms with E-state index in [-0.39, 0.29) is 22.8 Å². The molecule has 1 heterocycles. The highest BCUT2D eigenvalue weighted by Crippen LogP contribution is 2.25. The van der Waals surface area contributed by atoms with Gasteiger partial charge < -0.3 is 10.6 Å². The van der Waals surface area contributed by atoms with Gasteiger partial charge in [-0.25, -0.2) is 0 Å². The molecule has 0 fully saturated rings. The van der Waals surface area contributed by atoms with Crippen molar-refractivity contribution in [2.75, 3.05) is 10.6 Å². The van der Waals surface area contributed by atoms with Crippen molar-refractivity contribution in [3.05, 3.63) is 83.7 Å². The first-order valence-electron chi connectivity index (χ1n) is 9.48. The molecule has 3 aromatic rings. The third-order valence-corrected chi connectivity index (χ3v) is 4.56. The van der Waals surface area contributed by atoms with Crippen LogP contribution in [0.15, 0.2) is 66.9 Å². The third-order valence-electron chi connectivity index (χ3n) is 4.56. The van der Waals surface area contributed by atoms with Gasteiger partial charge in [0.2, 0.25) is 0 Å². The van der Waals surface area contributed by atoms with Gasteiger partial charge in [-0.3, -0.25) is 14.6 Å². The van der Waals surface area contributed by atoms with Crippen molar-refractivity contribution in [3.63, 3.8) is 0 Å². The molecule has 2 N–H and O–H groups in total. The Hall–Kier alpha value is -3.47. The van der Waals surface area contributed by atoms with E-state index < -0.39 is 0 Å². The van der Waals surface area contributed by atoms with Crippen molar-refractivity contribution < 1.29 is 9.59 Å². The number of carbonyl (C=O) groups excluding carboxylic acids is 2. The van der Waals surface area contributed by atoms with E-state index in [2.05, 4.69) is 48.5 Å². The highest BCUT2D eigenvalue weighted by molar-refractivity contribution is 6.04. The highest BCUT2D eigenvalue weighted by atomic mass is 16.2. The molecule has 0 bridgehead atoms. The molecule has 148 valence electrons. The Kier molecular flexibility index (Phi) is 5.78. The normalized spacial score (nSPS) is 11.0. The molecule has 0 aliphatic heterocycles. The standard InChI is InChI=1S/C24H25N3O2/c1-16(28)17-6-5-7-20(14-17)27-23(29)22-15-21(12-13-25-22)26-19-10-8-18(9-11-19)24(2,3)4/h5-15H,1-4H3,(H,25,26)(H,27,29). The average molecular weight is 387 g/mol. The quantitative estimate of drug-likeness (QED) is 0.561. The number of pyridine rings is 1. The van der Waals surface area contributed by atoms with Crippen LogP contribution in [0.1, 0.15) is 54.1 Å². The number of hydrogen-bond acceptors (Lipinski definition) is 4. The van der Waals surface area contributed by atoms with Crippen LogP contribution in [-0.2, 0) is 5.41 Å². The van der Waals surface area contributed by atoms with Gasteiger partial charge in [-0.05, 0) is 54.3 Å². The number of nitrogens with one attached hydrogen (secondary N) is 2. The molecule has 3 rings (SSSR count). The van der Waals surface area contributed by atoms with Crippen LogP contribution in [0.4, 0.5) is 17.1 Å². The summed E-state index contributed by atoms with van der Waals surface area (Å²) < 4.78 is 0. The SMILES string of the molecule is CC(=O)c1cccc(NC(=O)c2cc(Nc3ccc(C(C)(C)C)cc3)ccn2)c1. The van der Waals surface area contributed by atoms with Crippen LogP contribution in [0.3, 0.4) is 0 Å². The van der Waals surface area contributed by atoms with Crippen molar-refractivity contribution in [1.29, 1.82) is 0 Å². The van der Waals surface area contributed by atoms with Crippen LogP contribution in [0.25, 0.3) is 0 Å². The summed E-state index contributed by atoms with van der Waals surface area (Å²) in [6.45, 7) is 8.02. The zero-order valence-electron chi connectivity index (χ0n) is 17.1. The second-order valence-electron chi connectivity index (χ2n) is 7.97. The number of hydrogen-bond donors (Lipinski definition) is 2. The molecule has 5 heteroatoms. The molecule has 0 unspecified atom stereocenters. The van der Waals surface area contributed by atoms with Gasteiger partial charge in [0.05, 0.1) is 0 Å². The van der Waals surface area contributed by atoms with Gasteiger partial charge in [0.25, 0.3) is 5.91 Å². The molecule has 0 aliphatic rings. The van der Waals surface area contributed by atoms with Crippen LogP contribution in [0, 0.1) is 0 Å². The summed E-state index contributed by atoms with van der Waals surface area (Å²) in [5.74, 6) is -0.389. The Balaban J connectivity index is 1.73. The van der Waals surface area contributed by atoms with E-state index in [9.17, 15) is 9.59 Å². The summed E-state index contributed by atoms with van der Waals surface area (Å²) >= 11 is 0. The fourth-order valence-electron chi connectivity index (χ4n) is 2.86. The Morgan fingerprint density at radius 1 is 0.862 bits per heavy atom. The van der Waals surface area contributed by atoms with Crippen molar-refractivity contribution in [2.24, 2.45) is 0 Å². The van der Waals surface area contributed by atoms with Gasteiger partial charge in [0.15, 0.2) is 5.78 Å². The van der Waals surface area contributed by atoms with E-state index in [0.29, 0.717) is 11.3 Å². The lowest BCUT2D eigenvalue weighted by atomic mass is 9.87. The molecule has 2 aromatic carbocycles. The fourth-order valence-corrected chi connectivity index (χ4v) is 2.86. The predicted octanol–water partition coefficient (Wildman–Crippen LogP) is 5.58. The molecule has 1 amide bonds. The van der Waals surface area contributed by atoms with Gasteiger partial charge >= 0.3 is 0 Å². The molecular formula is C24H25N3O2. The van der Waals surface area contributed by atoms with E-state index in [4.69, 9.17) is 0 Å². The molecule has 0 saturated heterocycles. The summed E-state index contributed by atoms with van der Waals surface area (Å²) in [7, 11) is 0. The first-order chi connectivity index (χ1) is 13.7. The second-order valence-corrected chi connectivity index (χ2v) is 7.97. The molecular weight excluding hydrogens is 362 g/mol. The summed E-state index contributed by atoms with van der Waals surface area (Å²) in [5.41, 5.74) is 4.45. The molecule has 0 spiro atoms. The first kappa shape index (κ1) is 20.3. The summed E-state index contributed by atoms with van der Waals surface area (Å²) in [6.07, 6.45) is 1.59. The maximum atomic E-state index is 12.6. The minimum Gasteiger partial charge on any atom is -0.355 e. The zero-order chi connectivity index (χ0) is 21.0. The Labute approximate surface area is 171 Å². The summed E-state index contributed by atoms with van der Waals surface area (Å²) in [5, 5.41) is 6.09. The number of ketones is 1. The number of aromatic nitrogens is 1. The van der Waals surface area contributed by atoms with Crippen LogP contribution in [-0.4, -0.2) is 16.7 Å². The number of benzene rings is 2. The van der Waals surface area contributed by atoms with Crippen LogP contribution < -0.4 is 10.6 Å². The van der Waals surface area contributed by atoms with Gasteiger partial charge in [-0.1, -0.05) is 45.0 Å². The summed E-state index contributed by atoms with van der Waals surface area (Å²) in [6, 6.07) is 18.6. The van der Waals surface area contributed by atoms with Gasteiger partial charge in [0, 0.05) is 28.8 Å². The third kappa shape index (κ3) is 5.29. The second kappa shape index (κ2) is 8.27. The predicted molar refractivity (Wildman–Crippen MR) is 117 cm³/mol. The Bertz CT molecular complexity index is 1030. The van der Waals surface area contributed by atoms with Gasteiger partial charge in [-0.2, -0.15) is 0 Å². The number of amides is 1. The van der Waals surface area contributed by atoms with E-state index in [1.165, 1.54) is 12.5 Å². The molecule has 1 aromatic heterocycles.